The summed E-state index contributed by atoms with van der Waals surface area (Å²) in [6.07, 6.45) is 2.66. The van der Waals surface area contributed by atoms with Crippen LogP contribution in [0.15, 0.2) is 22.8 Å². The fourth-order valence-electron chi connectivity index (χ4n) is 1.59. The summed E-state index contributed by atoms with van der Waals surface area (Å²) >= 11 is 0. The Morgan fingerprint density at radius 3 is 2.57 bits per heavy atom. The van der Waals surface area contributed by atoms with Crippen molar-refractivity contribution in [2.24, 2.45) is 0 Å². The fraction of sp³-hybridized carbons (Fsp3) is 0.500. The number of carbonyl (C=O) groups excluding carboxylic acids is 1. The number of hydrogen-bond acceptors (Lipinski definition) is 5. The van der Waals surface area contributed by atoms with Crippen LogP contribution < -0.4 is 10.6 Å². The van der Waals surface area contributed by atoms with Crippen molar-refractivity contribution < 1.29 is 27.5 Å². The number of amides is 2. The van der Waals surface area contributed by atoms with Crippen LogP contribution >= 0.6 is 0 Å². The zero-order valence-corrected chi connectivity index (χ0v) is 12.6. The van der Waals surface area contributed by atoms with Gasteiger partial charge in [0.1, 0.15) is 15.6 Å². The third-order valence-corrected chi connectivity index (χ3v) is 3.81. The van der Waals surface area contributed by atoms with Gasteiger partial charge in [-0.1, -0.05) is 0 Å². The summed E-state index contributed by atoms with van der Waals surface area (Å²) in [5.74, 6) is -1.24. The number of sulfone groups is 1. The number of rotatable bonds is 7. The van der Waals surface area contributed by atoms with Crippen molar-refractivity contribution in [2.75, 3.05) is 18.6 Å². The zero-order valence-electron chi connectivity index (χ0n) is 11.8. The van der Waals surface area contributed by atoms with Crippen molar-refractivity contribution in [1.29, 1.82) is 0 Å². The van der Waals surface area contributed by atoms with Gasteiger partial charge in [-0.25, -0.2) is 18.0 Å². The number of furan rings is 1. The molecule has 118 valence electrons. The number of carbonyl (C=O) groups is 2. The Hall–Kier alpha value is -2.03. The zero-order chi connectivity index (χ0) is 16.1. The molecule has 21 heavy (non-hydrogen) atoms. The van der Waals surface area contributed by atoms with Crippen LogP contribution in [0.1, 0.15) is 19.1 Å². The number of carboxylic acids is 1. The minimum atomic E-state index is -3.09. The van der Waals surface area contributed by atoms with Crippen LogP contribution in [0.2, 0.25) is 0 Å². The van der Waals surface area contributed by atoms with E-state index in [0.29, 0.717) is 0 Å². The highest BCUT2D eigenvalue weighted by molar-refractivity contribution is 7.90. The molecular weight excluding hydrogens is 300 g/mol. The summed E-state index contributed by atoms with van der Waals surface area (Å²) in [7, 11) is -3.09. The lowest BCUT2D eigenvalue weighted by Gasteiger charge is -2.24. The summed E-state index contributed by atoms with van der Waals surface area (Å²) in [6, 6.07) is 2.24. The molecule has 8 nitrogen and oxygen atoms in total. The molecule has 0 bridgehead atoms. The van der Waals surface area contributed by atoms with E-state index >= 15 is 0 Å². The van der Waals surface area contributed by atoms with Gasteiger partial charge in [0.2, 0.25) is 0 Å². The highest BCUT2D eigenvalue weighted by Gasteiger charge is 2.39. The molecule has 0 saturated heterocycles. The lowest BCUT2D eigenvalue weighted by atomic mass is 9.99. The lowest BCUT2D eigenvalue weighted by molar-refractivity contribution is -0.144. The second-order valence-corrected chi connectivity index (χ2v) is 7.03. The van der Waals surface area contributed by atoms with Crippen molar-refractivity contribution in [1.82, 2.24) is 10.6 Å². The summed E-state index contributed by atoms with van der Waals surface area (Å²) in [5, 5.41) is 14.0. The third kappa shape index (κ3) is 5.10. The molecule has 2 amide bonds. The Kier molecular flexibility index (Phi) is 5.36. The molecule has 0 spiro atoms. The minimum Gasteiger partial charge on any atom is -0.479 e. The number of hydrogen-bond donors (Lipinski definition) is 3. The molecule has 1 aromatic rings. The molecule has 1 unspecified atom stereocenters. The van der Waals surface area contributed by atoms with Crippen molar-refractivity contribution in [2.45, 2.75) is 18.9 Å². The number of aliphatic carboxylic acids is 1. The van der Waals surface area contributed by atoms with Gasteiger partial charge in [-0.05, 0) is 25.5 Å². The normalized spacial score (nSPS) is 14.2. The van der Waals surface area contributed by atoms with Gasteiger partial charge >= 0.3 is 12.0 Å². The SMILES string of the molecule is CC(NC(=O)NCCCS(C)(=O)=O)(C(=O)O)c1ccco1. The fourth-order valence-corrected chi connectivity index (χ4v) is 2.26. The van der Waals surface area contributed by atoms with Gasteiger partial charge in [0.05, 0.1) is 12.0 Å². The van der Waals surface area contributed by atoms with Crippen LogP contribution in [0.25, 0.3) is 0 Å². The molecule has 9 heteroatoms. The summed E-state index contributed by atoms with van der Waals surface area (Å²) in [5.41, 5.74) is -1.70. The van der Waals surface area contributed by atoms with E-state index in [1.54, 1.807) is 0 Å². The minimum absolute atomic E-state index is 0.0539. The molecule has 1 heterocycles. The maximum absolute atomic E-state index is 11.7. The first kappa shape index (κ1) is 17.0. The molecule has 0 saturated carbocycles. The van der Waals surface area contributed by atoms with Gasteiger partial charge < -0.3 is 20.2 Å². The largest absolute Gasteiger partial charge is 0.479 e. The lowest BCUT2D eigenvalue weighted by Crippen LogP contribution is -2.52. The maximum Gasteiger partial charge on any atom is 0.337 e. The molecule has 0 aliphatic heterocycles. The quantitative estimate of drug-likeness (QED) is 0.621. The monoisotopic (exact) mass is 318 g/mol. The molecule has 0 aromatic carbocycles. The standard InChI is InChI=1S/C12H18N2O6S/c1-12(10(15)16,9-5-3-7-20-9)14-11(17)13-6-4-8-21(2,18)19/h3,5,7H,4,6,8H2,1-2H3,(H,15,16)(H2,13,14,17). The first-order valence-corrected chi connectivity index (χ1v) is 8.22. The Bertz CT molecular complexity index is 595. The maximum atomic E-state index is 11.7. The van der Waals surface area contributed by atoms with E-state index in [1.165, 1.54) is 25.3 Å². The predicted octanol–water partition coefficient (Wildman–Crippen LogP) is 0.313. The molecule has 3 N–H and O–H groups in total. The Morgan fingerprint density at radius 2 is 2.10 bits per heavy atom. The molecule has 0 fully saturated rings. The molecule has 1 atom stereocenters. The average molecular weight is 318 g/mol. The van der Waals surface area contributed by atoms with E-state index in [0.717, 1.165) is 6.26 Å². The van der Waals surface area contributed by atoms with E-state index in [2.05, 4.69) is 10.6 Å². The average Bonchev–Trinajstić information content (AvgIpc) is 2.87. The number of urea groups is 1. The van der Waals surface area contributed by atoms with Gasteiger partial charge in [0, 0.05) is 12.8 Å². The van der Waals surface area contributed by atoms with Gasteiger partial charge in [-0.2, -0.15) is 0 Å². The van der Waals surface area contributed by atoms with Gasteiger partial charge in [0.25, 0.3) is 0 Å². The van der Waals surface area contributed by atoms with Crippen LogP contribution in [0.5, 0.6) is 0 Å². The van der Waals surface area contributed by atoms with E-state index < -0.39 is 27.4 Å². The predicted molar refractivity (Wildman–Crippen MR) is 74.6 cm³/mol. The highest BCUT2D eigenvalue weighted by Crippen LogP contribution is 2.21. The molecule has 0 aliphatic rings. The van der Waals surface area contributed by atoms with Gasteiger partial charge in [-0.15, -0.1) is 0 Å². The van der Waals surface area contributed by atoms with E-state index in [4.69, 9.17) is 4.42 Å². The van der Waals surface area contributed by atoms with Crippen LogP contribution in [-0.4, -0.2) is 44.1 Å². The van der Waals surface area contributed by atoms with Crippen LogP contribution in [0, 0.1) is 0 Å². The summed E-state index contributed by atoms with van der Waals surface area (Å²) in [4.78, 5) is 23.0. The highest BCUT2D eigenvalue weighted by atomic mass is 32.2. The van der Waals surface area contributed by atoms with Crippen molar-refractivity contribution in [3.63, 3.8) is 0 Å². The molecule has 1 aromatic heterocycles. The smallest absolute Gasteiger partial charge is 0.337 e. The van der Waals surface area contributed by atoms with Gasteiger partial charge in [-0.3, -0.25) is 0 Å². The second-order valence-electron chi connectivity index (χ2n) is 4.77. The van der Waals surface area contributed by atoms with Gasteiger partial charge in [0.15, 0.2) is 5.54 Å². The van der Waals surface area contributed by atoms with E-state index in [-0.39, 0.29) is 24.5 Å². The topological polar surface area (TPSA) is 126 Å². The van der Waals surface area contributed by atoms with Crippen molar-refractivity contribution in [3.05, 3.63) is 24.2 Å². The number of carboxylic acid groups (broad SMARTS) is 1. The van der Waals surface area contributed by atoms with E-state index in [9.17, 15) is 23.1 Å². The molecule has 1 rings (SSSR count). The second kappa shape index (κ2) is 6.61. The number of nitrogens with one attached hydrogen (secondary N) is 2. The van der Waals surface area contributed by atoms with Crippen LogP contribution in [0.3, 0.4) is 0 Å². The van der Waals surface area contributed by atoms with Crippen molar-refractivity contribution in [3.8, 4) is 0 Å². The molecule has 0 radical (unpaired) electrons. The Morgan fingerprint density at radius 1 is 1.43 bits per heavy atom. The summed E-state index contributed by atoms with van der Waals surface area (Å²) < 4.78 is 26.9. The molecular formula is C12H18N2O6S. The van der Waals surface area contributed by atoms with Crippen molar-refractivity contribution >= 4 is 21.8 Å². The first-order valence-electron chi connectivity index (χ1n) is 6.16. The van der Waals surface area contributed by atoms with E-state index in [1.807, 2.05) is 0 Å². The Balaban J connectivity index is 2.57. The third-order valence-electron chi connectivity index (χ3n) is 2.78. The summed E-state index contributed by atoms with van der Waals surface area (Å²) in [6.45, 7) is 1.41. The Labute approximate surface area is 122 Å². The first-order chi connectivity index (χ1) is 9.65. The van der Waals surface area contributed by atoms with Crippen LogP contribution in [0.4, 0.5) is 4.79 Å². The van der Waals surface area contributed by atoms with Crippen LogP contribution in [-0.2, 0) is 20.2 Å². The molecule has 0 aliphatic carbocycles.